The van der Waals surface area contributed by atoms with E-state index in [-0.39, 0.29) is 11.9 Å². The number of amides is 1. The summed E-state index contributed by atoms with van der Waals surface area (Å²) in [6, 6.07) is 0. The Labute approximate surface area is 132 Å². The second kappa shape index (κ2) is 6.55. The van der Waals surface area contributed by atoms with Crippen molar-refractivity contribution in [1.82, 2.24) is 9.88 Å². The SMILES string of the molecule is CCOC(=O)c1c(C)[nH]c(C(=O)N2C[C@@H](C)C[C@H](C)C2)c1C. The molecule has 0 aromatic carbocycles. The normalized spacial score (nSPS) is 21.8. The molecule has 2 rings (SSSR count). The maximum absolute atomic E-state index is 12.8. The van der Waals surface area contributed by atoms with Crippen LogP contribution in [0.4, 0.5) is 0 Å². The fourth-order valence-electron chi connectivity index (χ4n) is 3.46. The van der Waals surface area contributed by atoms with Gasteiger partial charge in [0.1, 0.15) is 5.69 Å². The molecule has 0 aliphatic carbocycles. The number of carbonyl (C=O) groups excluding carboxylic acids is 2. The van der Waals surface area contributed by atoms with Crippen molar-refractivity contribution in [3.63, 3.8) is 0 Å². The van der Waals surface area contributed by atoms with Gasteiger partial charge in [0, 0.05) is 18.8 Å². The molecule has 0 unspecified atom stereocenters. The zero-order chi connectivity index (χ0) is 16.4. The van der Waals surface area contributed by atoms with Crippen molar-refractivity contribution in [1.29, 1.82) is 0 Å². The van der Waals surface area contributed by atoms with Crippen molar-refractivity contribution in [2.75, 3.05) is 19.7 Å². The number of esters is 1. The van der Waals surface area contributed by atoms with Gasteiger partial charge in [-0.1, -0.05) is 13.8 Å². The van der Waals surface area contributed by atoms with Crippen LogP contribution in [-0.4, -0.2) is 41.5 Å². The zero-order valence-electron chi connectivity index (χ0n) is 14.2. The second-order valence-corrected chi connectivity index (χ2v) is 6.50. The predicted molar refractivity (Wildman–Crippen MR) is 85.1 cm³/mol. The van der Waals surface area contributed by atoms with E-state index in [0.29, 0.717) is 41.0 Å². The highest BCUT2D eigenvalue weighted by Gasteiger charge is 2.30. The first-order valence-electron chi connectivity index (χ1n) is 8.00. The Morgan fingerprint density at radius 2 is 1.82 bits per heavy atom. The molecule has 1 saturated heterocycles. The number of hydrogen-bond acceptors (Lipinski definition) is 3. The number of H-pyrrole nitrogens is 1. The molecule has 2 atom stereocenters. The van der Waals surface area contributed by atoms with Crippen molar-refractivity contribution < 1.29 is 14.3 Å². The number of aromatic nitrogens is 1. The number of piperidine rings is 1. The van der Waals surface area contributed by atoms with E-state index in [4.69, 9.17) is 4.74 Å². The molecule has 22 heavy (non-hydrogen) atoms. The maximum atomic E-state index is 12.8. The minimum absolute atomic E-state index is 0.0189. The van der Waals surface area contributed by atoms with Gasteiger partial charge in [-0.05, 0) is 44.6 Å². The van der Waals surface area contributed by atoms with Crippen LogP contribution < -0.4 is 0 Å². The molecule has 0 spiro atoms. The number of carbonyl (C=O) groups is 2. The molecule has 0 saturated carbocycles. The quantitative estimate of drug-likeness (QED) is 0.873. The van der Waals surface area contributed by atoms with Gasteiger partial charge >= 0.3 is 5.97 Å². The summed E-state index contributed by atoms with van der Waals surface area (Å²) in [4.78, 5) is 29.8. The molecule has 5 nitrogen and oxygen atoms in total. The van der Waals surface area contributed by atoms with Crippen LogP contribution in [0.5, 0.6) is 0 Å². The van der Waals surface area contributed by atoms with Crippen LogP contribution in [-0.2, 0) is 4.74 Å². The van der Waals surface area contributed by atoms with Crippen LogP contribution in [0.1, 0.15) is 59.3 Å². The highest BCUT2D eigenvalue weighted by Crippen LogP contribution is 2.25. The van der Waals surface area contributed by atoms with Crippen LogP contribution in [0.25, 0.3) is 0 Å². The van der Waals surface area contributed by atoms with Gasteiger partial charge in [0.05, 0.1) is 12.2 Å². The maximum Gasteiger partial charge on any atom is 0.340 e. The Morgan fingerprint density at radius 3 is 2.36 bits per heavy atom. The van der Waals surface area contributed by atoms with Crippen LogP contribution >= 0.6 is 0 Å². The van der Waals surface area contributed by atoms with Crippen molar-refractivity contribution >= 4 is 11.9 Å². The van der Waals surface area contributed by atoms with E-state index in [9.17, 15) is 9.59 Å². The number of ether oxygens (including phenoxy) is 1. The van der Waals surface area contributed by atoms with E-state index in [2.05, 4.69) is 18.8 Å². The van der Waals surface area contributed by atoms with Crippen LogP contribution in [0.3, 0.4) is 0 Å². The molecule has 0 radical (unpaired) electrons. The Bertz CT molecular complexity index is 567. The van der Waals surface area contributed by atoms with Crippen molar-refractivity contribution in [3.8, 4) is 0 Å². The Hall–Kier alpha value is -1.78. The first-order valence-corrected chi connectivity index (χ1v) is 8.00. The summed E-state index contributed by atoms with van der Waals surface area (Å²) in [5.41, 5.74) is 2.38. The molecule has 1 fully saturated rings. The van der Waals surface area contributed by atoms with Gasteiger partial charge in [-0.3, -0.25) is 4.79 Å². The van der Waals surface area contributed by atoms with E-state index in [0.717, 1.165) is 19.5 Å². The molecule has 0 bridgehead atoms. The number of likely N-dealkylation sites (tertiary alicyclic amines) is 1. The molecular formula is C17H26N2O3. The lowest BCUT2D eigenvalue weighted by Gasteiger charge is -2.34. The predicted octanol–water partition coefficient (Wildman–Crippen LogP) is 2.93. The molecule has 5 heteroatoms. The zero-order valence-corrected chi connectivity index (χ0v) is 14.2. The molecule has 1 aliphatic rings. The standard InChI is InChI=1S/C17H26N2O3/c1-6-22-17(21)14-12(4)15(18-13(14)5)16(20)19-8-10(2)7-11(3)9-19/h10-11,18H,6-9H2,1-5H3/t10-,11-/m0/s1. The lowest BCUT2D eigenvalue weighted by Crippen LogP contribution is -2.42. The van der Waals surface area contributed by atoms with Gasteiger partial charge in [-0.25, -0.2) is 4.79 Å². The van der Waals surface area contributed by atoms with Crippen LogP contribution in [0.15, 0.2) is 0 Å². The fourth-order valence-corrected chi connectivity index (χ4v) is 3.46. The van der Waals surface area contributed by atoms with E-state index < -0.39 is 0 Å². The summed E-state index contributed by atoms with van der Waals surface area (Å²) in [6.07, 6.45) is 1.15. The molecule has 1 N–H and O–H groups in total. The van der Waals surface area contributed by atoms with Crippen molar-refractivity contribution in [2.24, 2.45) is 11.8 Å². The van der Waals surface area contributed by atoms with E-state index in [1.807, 2.05) is 4.90 Å². The number of hydrogen-bond donors (Lipinski definition) is 1. The third-order valence-corrected chi connectivity index (χ3v) is 4.29. The topological polar surface area (TPSA) is 62.4 Å². The lowest BCUT2D eigenvalue weighted by atomic mass is 9.91. The summed E-state index contributed by atoms with van der Waals surface area (Å²) in [5.74, 6) is 0.630. The number of aryl methyl sites for hydroxylation is 1. The molecule has 122 valence electrons. The first-order chi connectivity index (χ1) is 10.3. The molecular weight excluding hydrogens is 280 g/mol. The van der Waals surface area contributed by atoms with E-state index >= 15 is 0 Å². The van der Waals surface area contributed by atoms with Crippen LogP contribution in [0.2, 0.25) is 0 Å². The second-order valence-electron chi connectivity index (χ2n) is 6.50. The summed E-state index contributed by atoms with van der Waals surface area (Å²) >= 11 is 0. The smallest absolute Gasteiger partial charge is 0.340 e. The minimum atomic E-state index is -0.367. The van der Waals surface area contributed by atoms with E-state index in [1.54, 1.807) is 20.8 Å². The first kappa shape index (κ1) is 16.6. The average molecular weight is 306 g/mol. The number of rotatable bonds is 3. The summed E-state index contributed by atoms with van der Waals surface area (Å²) < 4.78 is 5.08. The Morgan fingerprint density at radius 1 is 1.23 bits per heavy atom. The molecule has 1 amide bonds. The molecule has 1 aliphatic heterocycles. The fraction of sp³-hybridized carbons (Fsp3) is 0.647. The van der Waals surface area contributed by atoms with Gasteiger partial charge in [-0.15, -0.1) is 0 Å². The summed E-state index contributed by atoms with van der Waals surface area (Å²) in [6.45, 7) is 11.6. The molecule has 2 heterocycles. The van der Waals surface area contributed by atoms with Gasteiger partial charge in [-0.2, -0.15) is 0 Å². The van der Waals surface area contributed by atoms with Gasteiger partial charge in [0.15, 0.2) is 0 Å². The number of aromatic amines is 1. The monoisotopic (exact) mass is 306 g/mol. The number of nitrogens with zero attached hydrogens (tertiary/aromatic N) is 1. The highest BCUT2D eigenvalue weighted by molar-refractivity contribution is 6.00. The minimum Gasteiger partial charge on any atom is -0.462 e. The highest BCUT2D eigenvalue weighted by atomic mass is 16.5. The Kier molecular flexibility index (Phi) is 4.94. The van der Waals surface area contributed by atoms with Crippen molar-refractivity contribution in [3.05, 3.63) is 22.5 Å². The molecule has 1 aromatic rings. The third kappa shape index (κ3) is 3.18. The average Bonchev–Trinajstić information content (AvgIpc) is 2.72. The van der Waals surface area contributed by atoms with E-state index in [1.165, 1.54) is 0 Å². The van der Waals surface area contributed by atoms with Gasteiger partial charge in [0.2, 0.25) is 0 Å². The Balaban J connectivity index is 2.27. The number of nitrogens with one attached hydrogen (secondary N) is 1. The van der Waals surface area contributed by atoms with Gasteiger partial charge in [0.25, 0.3) is 5.91 Å². The van der Waals surface area contributed by atoms with Gasteiger partial charge < -0.3 is 14.6 Å². The third-order valence-electron chi connectivity index (χ3n) is 4.29. The lowest BCUT2D eigenvalue weighted by molar-refractivity contribution is 0.0525. The summed E-state index contributed by atoms with van der Waals surface area (Å²) in [5, 5.41) is 0. The van der Waals surface area contributed by atoms with Crippen molar-refractivity contribution in [2.45, 2.75) is 41.0 Å². The summed E-state index contributed by atoms with van der Waals surface area (Å²) in [7, 11) is 0. The largest absolute Gasteiger partial charge is 0.462 e. The molecule has 1 aromatic heterocycles. The van der Waals surface area contributed by atoms with Crippen LogP contribution in [0, 0.1) is 25.7 Å².